The Balaban J connectivity index is 2.23. The summed E-state index contributed by atoms with van der Waals surface area (Å²) in [7, 11) is -2.14. The van der Waals surface area contributed by atoms with Gasteiger partial charge in [-0.15, -0.1) is 0 Å². The molecule has 2 rings (SSSR count). The van der Waals surface area contributed by atoms with Gasteiger partial charge in [-0.3, -0.25) is 9.10 Å². The van der Waals surface area contributed by atoms with E-state index in [0.717, 1.165) is 6.26 Å². The number of hydrogen-bond donors (Lipinski definition) is 1. The molecule has 1 amide bonds. The monoisotopic (exact) mass is 410 g/mol. The van der Waals surface area contributed by atoms with Gasteiger partial charge in [0.1, 0.15) is 0 Å². The topological polar surface area (TPSA) is 92.8 Å². The Morgan fingerprint density at radius 1 is 1.11 bits per heavy atom. The van der Waals surface area contributed by atoms with Crippen molar-refractivity contribution in [3.8, 4) is 0 Å². The van der Waals surface area contributed by atoms with E-state index in [1.165, 1.54) is 41.7 Å². The fraction of sp³-hybridized carbons (Fsp3) is 0.222. The summed E-state index contributed by atoms with van der Waals surface area (Å²) in [6.45, 7) is 2.00. The number of amides is 1. The lowest BCUT2D eigenvalue weighted by Gasteiger charge is -2.20. The molecule has 0 atom stereocenters. The van der Waals surface area contributed by atoms with E-state index in [4.69, 9.17) is 11.6 Å². The van der Waals surface area contributed by atoms with Gasteiger partial charge in [0.25, 0.3) is 5.91 Å². The van der Waals surface area contributed by atoms with E-state index < -0.39 is 21.9 Å². The quantitative estimate of drug-likeness (QED) is 0.738. The number of benzene rings is 2. The number of carbonyl (C=O) groups excluding carboxylic acids is 2. The molecule has 144 valence electrons. The molecule has 0 saturated heterocycles. The number of esters is 1. The number of sulfonamides is 1. The van der Waals surface area contributed by atoms with E-state index in [9.17, 15) is 18.0 Å². The maximum atomic E-state index is 12.4. The van der Waals surface area contributed by atoms with Gasteiger partial charge in [0.2, 0.25) is 10.0 Å². The molecular weight excluding hydrogens is 392 g/mol. The predicted molar refractivity (Wildman–Crippen MR) is 105 cm³/mol. The zero-order chi connectivity index (χ0) is 20.2. The van der Waals surface area contributed by atoms with E-state index in [-0.39, 0.29) is 22.8 Å². The summed E-state index contributed by atoms with van der Waals surface area (Å²) in [6.07, 6.45) is 1.12. The number of nitrogens with one attached hydrogen (secondary N) is 1. The molecule has 0 spiro atoms. The Bertz CT molecular complexity index is 958. The maximum Gasteiger partial charge on any atom is 0.337 e. The molecule has 0 radical (unpaired) electrons. The molecule has 1 N–H and O–H groups in total. The van der Waals surface area contributed by atoms with Crippen molar-refractivity contribution in [3.63, 3.8) is 0 Å². The molecule has 0 aliphatic carbocycles. The van der Waals surface area contributed by atoms with Crippen LogP contribution in [-0.2, 0) is 14.8 Å². The minimum atomic E-state index is -3.40. The standard InChI is InChI=1S/C18H19ClN2O5S/c1-4-21(27(3,24)25)14-8-5-12(6-9-14)17(22)20-16-11-13(18(23)26-2)7-10-15(16)19/h5-11H,4H2,1-3H3,(H,20,22). The van der Waals surface area contributed by atoms with Gasteiger partial charge >= 0.3 is 5.97 Å². The van der Waals surface area contributed by atoms with Crippen molar-refractivity contribution in [2.45, 2.75) is 6.92 Å². The highest BCUT2D eigenvalue weighted by Crippen LogP contribution is 2.25. The Morgan fingerprint density at radius 2 is 1.70 bits per heavy atom. The zero-order valence-electron chi connectivity index (χ0n) is 15.0. The van der Waals surface area contributed by atoms with Crippen molar-refractivity contribution in [2.24, 2.45) is 0 Å². The summed E-state index contributed by atoms with van der Waals surface area (Å²) in [5.74, 6) is -1.00. The van der Waals surface area contributed by atoms with Gasteiger partial charge in [-0.2, -0.15) is 0 Å². The zero-order valence-corrected chi connectivity index (χ0v) is 16.6. The Kier molecular flexibility index (Phi) is 6.45. The molecule has 9 heteroatoms. The van der Waals surface area contributed by atoms with Crippen LogP contribution in [0.25, 0.3) is 0 Å². The minimum Gasteiger partial charge on any atom is -0.465 e. The van der Waals surface area contributed by atoms with Crippen LogP contribution in [0.4, 0.5) is 11.4 Å². The predicted octanol–water partition coefficient (Wildman–Crippen LogP) is 3.16. The van der Waals surface area contributed by atoms with Crippen LogP contribution in [0.15, 0.2) is 42.5 Å². The van der Waals surface area contributed by atoms with Crippen LogP contribution in [-0.4, -0.2) is 40.2 Å². The van der Waals surface area contributed by atoms with Crippen LogP contribution in [0.3, 0.4) is 0 Å². The third-order valence-corrected chi connectivity index (χ3v) is 5.34. The average molecular weight is 411 g/mol. The highest BCUT2D eigenvalue weighted by Gasteiger charge is 2.16. The molecule has 0 bridgehead atoms. The van der Waals surface area contributed by atoms with Gasteiger partial charge in [0, 0.05) is 12.1 Å². The van der Waals surface area contributed by atoms with Crippen LogP contribution in [0, 0.1) is 0 Å². The first-order valence-electron chi connectivity index (χ1n) is 7.94. The molecule has 0 aromatic heterocycles. The minimum absolute atomic E-state index is 0.249. The van der Waals surface area contributed by atoms with Crippen molar-refractivity contribution >= 4 is 44.9 Å². The number of halogens is 1. The van der Waals surface area contributed by atoms with Gasteiger partial charge in [-0.1, -0.05) is 11.6 Å². The number of rotatable bonds is 6. The highest BCUT2D eigenvalue weighted by molar-refractivity contribution is 7.92. The second kappa shape index (κ2) is 8.41. The van der Waals surface area contributed by atoms with E-state index >= 15 is 0 Å². The van der Waals surface area contributed by atoms with Crippen molar-refractivity contribution in [3.05, 3.63) is 58.6 Å². The smallest absolute Gasteiger partial charge is 0.337 e. The summed E-state index contributed by atoms with van der Waals surface area (Å²) >= 11 is 6.07. The Hall–Kier alpha value is -2.58. The second-order valence-corrected chi connectivity index (χ2v) is 7.93. The van der Waals surface area contributed by atoms with Crippen molar-refractivity contribution in [1.82, 2.24) is 0 Å². The van der Waals surface area contributed by atoms with Crippen LogP contribution in [0.1, 0.15) is 27.6 Å². The van der Waals surface area contributed by atoms with Crippen LogP contribution in [0.2, 0.25) is 5.02 Å². The van der Waals surface area contributed by atoms with Crippen LogP contribution in [0.5, 0.6) is 0 Å². The molecule has 2 aromatic rings. The fourth-order valence-electron chi connectivity index (χ4n) is 2.45. The van der Waals surface area contributed by atoms with Gasteiger partial charge in [0.15, 0.2) is 0 Å². The van der Waals surface area contributed by atoms with Crippen molar-refractivity contribution < 1.29 is 22.7 Å². The summed E-state index contributed by atoms with van der Waals surface area (Å²) in [4.78, 5) is 24.1. The molecule has 7 nitrogen and oxygen atoms in total. The molecule has 0 heterocycles. The van der Waals surface area contributed by atoms with Crippen LogP contribution < -0.4 is 9.62 Å². The maximum absolute atomic E-state index is 12.4. The van der Waals surface area contributed by atoms with Crippen molar-refractivity contribution in [2.75, 3.05) is 29.5 Å². The first kappa shape index (κ1) is 20.7. The van der Waals surface area contributed by atoms with Gasteiger partial charge < -0.3 is 10.1 Å². The summed E-state index contributed by atoms with van der Waals surface area (Å²) in [5, 5.41) is 2.89. The lowest BCUT2D eigenvalue weighted by Crippen LogP contribution is -2.29. The number of carbonyl (C=O) groups is 2. The van der Waals surface area contributed by atoms with E-state index in [0.29, 0.717) is 11.3 Å². The Labute approximate surface area is 162 Å². The summed E-state index contributed by atoms with van der Waals surface area (Å²) < 4.78 is 29.4. The van der Waals surface area contributed by atoms with E-state index in [2.05, 4.69) is 10.1 Å². The van der Waals surface area contributed by atoms with Crippen molar-refractivity contribution in [1.29, 1.82) is 0 Å². The van der Waals surface area contributed by atoms with Crippen LogP contribution >= 0.6 is 11.6 Å². The van der Waals surface area contributed by atoms with E-state index in [1.54, 1.807) is 19.1 Å². The normalized spacial score (nSPS) is 11.0. The van der Waals surface area contributed by atoms with E-state index in [1.807, 2.05) is 0 Å². The number of hydrogen-bond acceptors (Lipinski definition) is 5. The summed E-state index contributed by atoms with van der Waals surface area (Å²) in [5.41, 5.74) is 1.28. The molecule has 0 aliphatic heterocycles. The molecule has 0 saturated carbocycles. The largest absolute Gasteiger partial charge is 0.465 e. The molecule has 0 aliphatic rings. The average Bonchev–Trinajstić information content (AvgIpc) is 2.62. The molecular formula is C18H19ClN2O5S. The second-order valence-electron chi connectivity index (χ2n) is 5.61. The molecule has 0 unspecified atom stereocenters. The van der Waals surface area contributed by atoms with Gasteiger partial charge in [-0.05, 0) is 49.4 Å². The lowest BCUT2D eigenvalue weighted by atomic mass is 10.1. The third-order valence-electron chi connectivity index (χ3n) is 3.74. The highest BCUT2D eigenvalue weighted by atomic mass is 35.5. The molecule has 2 aromatic carbocycles. The first-order valence-corrected chi connectivity index (χ1v) is 10.2. The molecule has 0 fully saturated rings. The number of ether oxygens (including phenoxy) is 1. The summed E-state index contributed by atoms with van der Waals surface area (Å²) in [6, 6.07) is 10.5. The fourth-order valence-corrected chi connectivity index (χ4v) is 3.59. The number of nitrogens with zero attached hydrogens (tertiary/aromatic N) is 1. The third kappa shape index (κ3) is 4.99. The SMILES string of the molecule is CCN(c1ccc(C(=O)Nc2cc(C(=O)OC)ccc2Cl)cc1)S(C)(=O)=O. The Morgan fingerprint density at radius 3 is 2.22 bits per heavy atom. The van der Waals surface area contributed by atoms with Gasteiger partial charge in [0.05, 0.1) is 35.3 Å². The lowest BCUT2D eigenvalue weighted by molar-refractivity contribution is 0.0600. The van der Waals surface area contributed by atoms with Gasteiger partial charge in [-0.25, -0.2) is 13.2 Å². The number of anilines is 2. The number of methoxy groups -OCH3 is 1. The molecule has 27 heavy (non-hydrogen) atoms. The first-order chi connectivity index (χ1) is 12.7.